The van der Waals surface area contributed by atoms with E-state index in [0.29, 0.717) is 19.3 Å². The van der Waals surface area contributed by atoms with E-state index < -0.39 is 6.10 Å². The van der Waals surface area contributed by atoms with Crippen molar-refractivity contribution in [2.24, 2.45) is 17.8 Å². The molecular weight excluding hydrogens is 829 g/mol. The highest BCUT2D eigenvalue weighted by Gasteiger charge is 2.19. The highest BCUT2D eigenvalue weighted by atomic mass is 16.6. The summed E-state index contributed by atoms with van der Waals surface area (Å²) in [6.07, 6.45) is 55.3. The Bertz CT molecular complexity index is 1040. The molecule has 0 heterocycles. The number of esters is 3. The molecule has 0 saturated heterocycles. The van der Waals surface area contributed by atoms with E-state index in [2.05, 4.69) is 41.5 Å². The second kappa shape index (κ2) is 52.2. The van der Waals surface area contributed by atoms with Crippen LogP contribution in [0.4, 0.5) is 0 Å². The maximum Gasteiger partial charge on any atom is 0.306 e. The lowest BCUT2D eigenvalue weighted by atomic mass is 9.99. The maximum atomic E-state index is 12.9. The number of ether oxygens (including phenoxy) is 3. The molecule has 0 aromatic heterocycles. The van der Waals surface area contributed by atoms with Crippen molar-refractivity contribution in [2.75, 3.05) is 13.2 Å². The molecule has 0 aliphatic carbocycles. The first kappa shape index (κ1) is 65.4. The van der Waals surface area contributed by atoms with Gasteiger partial charge in [-0.05, 0) is 37.0 Å². The Morgan fingerprint density at radius 1 is 0.299 bits per heavy atom. The molecule has 0 rings (SSSR count). The van der Waals surface area contributed by atoms with Crippen LogP contribution in [-0.2, 0) is 28.6 Å². The molecule has 67 heavy (non-hydrogen) atoms. The molecule has 398 valence electrons. The van der Waals surface area contributed by atoms with Crippen LogP contribution >= 0.6 is 0 Å². The molecular formula is C61H118O6. The second-order valence-electron chi connectivity index (χ2n) is 21.9. The zero-order chi connectivity index (χ0) is 49.1. The SMILES string of the molecule is CCC(C)CCCCCCCCCCCCCCCCCCCCC(=O)OC[C@H](COC(=O)CCCCCCCCC(C)CC)OC(=O)CCCCCCCCCCCCCCCCC(C)C. The van der Waals surface area contributed by atoms with Crippen molar-refractivity contribution in [3.05, 3.63) is 0 Å². The number of carbonyl (C=O) groups excluding carboxylic acids is 3. The second-order valence-corrected chi connectivity index (χ2v) is 21.9. The average Bonchev–Trinajstić information content (AvgIpc) is 3.31. The number of unbranched alkanes of at least 4 members (excludes halogenated alkanes) is 35. The van der Waals surface area contributed by atoms with Crippen LogP contribution in [0.1, 0.15) is 337 Å². The minimum absolute atomic E-state index is 0.0639. The smallest absolute Gasteiger partial charge is 0.306 e. The summed E-state index contributed by atoms with van der Waals surface area (Å²) in [5.74, 6) is 1.72. The van der Waals surface area contributed by atoms with E-state index >= 15 is 0 Å². The highest BCUT2D eigenvalue weighted by molar-refractivity contribution is 5.71. The zero-order valence-corrected chi connectivity index (χ0v) is 46.2. The number of hydrogen-bond acceptors (Lipinski definition) is 6. The van der Waals surface area contributed by atoms with Crippen LogP contribution in [0.2, 0.25) is 0 Å². The molecule has 0 radical (unpaired) electrons. The first-order chi connectivity index (χ1) is 32.7. The summed E-state index contributed by atoms with van der Waals surface area (Å²) < 4.78 is 16.9. The maximum absolute atomic E-state index is 12.9. The third-order valence-electron chi connectivity index (χ3n) is 14.6. The van der Waals surface area contributed by atoms with Gasteiger partial charge in [0.1, 0.15) is 13.2 Å². The van der Waals surface area contributed by atoms with Crippen molar-refractivity contribution in [1.29, 1.82) is 0 Å². The molecule has 0 aliphatic heterocycles. The fourth-order valence-electron chi connectivity index (χ4n) is 9.29. The van der Waals surface area contributed by atoms with E-state index in [9.17, 15) is 14.4 Å². The molecule has 0 fully saturated rings. The van der Waals surface area contributed by atoms with Gasteiger partial charge in [0.2, 0.25) is 0 Å². The molecule has 0 N–H and O–H groups in total. The molecule has 0 amide bonds. The lowest BCUT2D eigenvalue weighted by Gasteiger charge is -2.18. The molecule has 0 aromatic rings. The fraction of sp³-hybridized carbons (Fsp3) is 0.951. The Labute approximate surface area is 418 Å². The van der Waals surface area contributed by atoms with Crippen molar-refractivity contribution < 1.29 is 28.6 Å². The standard InChI is InChI=1S/C61H118O6/c1-7-56(5)48-42-36-30-26-22-18-13-11-9-10-12-14-19-23-27-31-38-44-50-59(62)65-53-58(54-66-60(63)51-45-39-34-33-37-43-49-57(6)8-2)67-61(64)52-46-40-32-28-24-20-16-15-17-21-25-29-35-41-47-55(3)4/h55-58H,7-54H2,1-6H3/t56?,57?,58-/m1/s1. The molecule has 3 atom stereocenters. The van der Waals surface area contributed by atoms with E-state index in [-0.39, 0.29) is 31.1 Å². The summed E-state index contributed by atoms with van der Waals surface area (Å²) in [4.78, 5) is 38.1. The Kier molecular flexibility index (Phi) is 51.0. The van der Waals surface area contributed by atoms with Gasteiger partial charge in [-0.25, -0.2) is 0 Å². The summed E-state index contributed by atoms with van der Waals surface area (Å²) in [6.45, 7) is 13.8. The van der Waals surface area contributed by atoms with Gasteiger partial charge in [-0.1, -0.05) is 298 Å². The molecule has 0 spiro atoms. The summed E-state index contributed by atoms with van der Waals surface area (Å²) in [7, 11) is 0. The van der Waals surface area contributed by atoms with Gasteiger partial charge in [0, 0.05) is 19.3 Å². The normalized spacial score (nSPS) is 12.9. The molecule has 0 saturated carbocycles. The first-order valence-corrected chi connectivity index (χ1v) is 30.2. The van der Waals surface area contributed by atoms with Crippen molar-refractivity contribution >= 4 is 17.9 Å². The molecule has 0 aromatic carbocycles. The van der Waals surface area contributed by atoms with Gasteiger partial charge in [-0.15, -0.1) is 0 Å². The lowest BCUT2D eigenvalue weighted by molar-refractivity contribution is -0.167. The quantitative estimate of drug-likeness (QED) is 0.0343. The van der Waals surface area contributed by atoms with Gasteiger partial charge in [0.05, 0.1) is 0 Å². The van der Waals surface area contributed by atoms with Gasteiger partial charge >= 0.3 is 17.9 Å². The van der Waals surface area contributed by atoms with Crippen molar-refractivity contribution in [2.45, 2.75) is 343 Å². The third kappa shape index (κ3) is 52.1. The summed E-state index contributed by atoms with van der Waals surface area (Å²) in [5, 5.41) is 0. The van der Waals surface area contributed by atoms with Crippen LogP contribution in [0.3, 0.4) is 0 Å². The van der Waals surface area contributed by atoms with Gasteiger partial charge in [-0.2, -0.15) is 0 Å². The molecule has 6 nitrogen and oxygen atoms in total. The lowest BCUT2D eigenvalue weighted by Crippen LogP contribution is -2.30. The predicted octanol–water partition coefficient (Wildman–Crippen LogP) is 19.9. The third-order valence-corrected chi connectivity index (χ3v) is 14.6. The van der Waals surface area contributed by atoms with Gasteiger partial charge in [-0.3, -0.25) is 14.4 Å². The largest absolute Gasteiger partial charge is 0.462 e. The Morgan fingerprint density at radius 2 is 0.522 bits per heavy atom. The van der Waals surface area contributed by atoms with Crippen molar-refractivity contribution in [3.63, 3.8) is 0 Å². The Morgan fingerprint density at radius 3 is 0.776 bits per heavy atom. The van der Waals surface area contributed by atoms with Crippen molar-refractivity contribution in [1.82, 2.24) is 0 Å². The molecule has 0 aliphatic rings. The van der Waals surface area contributed by atoms with Gasteiger partial charge < -0.3 is 14.2 Å². The van der Waals surface area contributed by atoms with Gasteiger partial charge in [0.25, 0.3) is 0 Å². The topological polar surface area (TPSA) is 78.9 Å². The van der Waals surface area contributed by atoms with Crippen LogP contribution in [0.5, 0.6) is 0 Å². The van der Waals surface area contributed by atoms with E-state index in [4.69, 9.17) is 14.2 Å². The van der Waals surface area contributed by atoms with E-state index in [1.807, 2.05) is 0 Å². The predicted molar refractivity (Wildman–Crippen MR) is 289 cm³/mol. The molecule has 0 bridgehead atoms. The van der Waals surface area contributed by atoms with E-state index in [1.165, 1.54) is 218 Å². The van der Waals surface area contributed by atoms with Crippen molar-refractivity contribution in [3.8, 4) is 0 Å². The fourth-order valence-corrected chi connectivity index (χ4v) is 9.29. The first-order valence-electron chi connectivity index (χ1n) is 30.2. The van der Waals surface area contributed by atoms with Crippen LogP contribution in [0.15, 0.2) is 0 Å². The number of carbonyl (C=O) groups is 3. The summed E-state index contributed by atoms with van der Waals surface area (Å²) >= 11 is 0. The molecule has 6 heteroatoms. The monoisotopic (exact) mass is 947 g/mol. The van der Waals surface area contributed by atoms with Crippen LogP contribution in [0, 0.1) is 17.8 Å². The molecule has 2 unspecified atom stereocenters. The zero-order valence-electron chi connectivity index (χ0n) is 46.2. The van der Waals surface area contributed by atoms with E-state index in [1.54, 1.807) is 0 Å². The summed E-state index contributed by atoms with van der Waals surface area (Å²) in [6, 6.07) is 0. The van der Waals surface area contributed by atoms with Gasteiger partial charge in [0.15, 0.2) is 6.10 Å². The van der Waals surface area contributed by atoms with E-state index in [0.717, 1.165) is 75.5 Å². The highest BCUT2D eigenvalue weighted by Crippen LogP contribution is 2.19. The minimum Gasteiger partial charge on any atom is -0.462 e. The van der Waals surface area contributed by atoms with Crippen LogP contribution < -0.4 is 0 Å². The Balaban J connectivity index is 4.21. The number of rotatable bonds is 54. The minimum atomic E-state index is -0.764. The number of hydrogen-bond donors (Lipinski definition) is 0. The average molecular weight is 948 g/mol. The van der Waals surface area contributed by atoms with Crippen LogP contribution in [0.25, 0.3) is 0 Å². The van der Waals surface area contributed by atoms with Crippen LogP contribution in [-0.4, -0.2) is 37.2 Å². The summed E-state index contributed by atoms with van der Waals surface area (Å²) in [5.41, 5.74) is 0. The Hall–Kier alpha value is -1.59.